The van der Waals surface area contributed by atoms with Crippen LogP contribution in [0, 0.1) is 11.3 Å². The fourth-order valence-electron chi connectivity index (χ4n) is 3.39. The minimum Gasteiger partial charge on any atom is -0.355 e. The topological polar surface area (TPSA) is 85.3 Å². The Morgan fingerprint density at radius 1 is 1.30 bits per heavy atom. The van der Waals surface area contributed by atoms with Gasteiger partial charge in [0.25, 0.3) is 0 Å². The first-order chi connectivity index (χ1) is 11.2. The summed E-state index contributed by atoms with van der Waals surface area (Å²) in [6, 6.07) is 2.43. The molecule has 126 valence electrons. The second kappa shape index (κ2) is 8.14. The lowest BCUT2D eigenvalue weighted by molar-refractivity contribution is -0.914. The number of nitriles is 1. The number of hydrogen-bond acceptors (Lipinski definition) is 3. The number of pyridine rings is 1. The van der Waals surface area contributed by atoms with Crippen molar-refractivity contribution in [2.24, 2.45) is 0 Å². The van der Waals surface area contributed by atoms with Gasteiger partial charge in [0.2, 0.25) is 11.6 Å². The van der Waals surface area contributed by atoms with E-state index in [9.17, 15) is 5.26 Å². The van der Waals surface area contributed by atoms with Gasteiger partial charge in [-0.1, -0.05) is 0 Å². The van der Waals surface area contributed by atoms with Crippen LogP contribution in [0.3, 0.4) is 0 Å². The van der Waals surface area contributed by atoms with E-state index < -0.39 is 0 Å². The summed E-state index contributed by atoms with van der Waals surface area (Å²) in [5.74, 6) is 2.04. The molecule has 0 fully saturated rings. The maximum absolute atomic E-state index is 9.69. The van der Waals surface area contributed by atoms with Crippen LogP contribution in [0.4, 0.5) is 11.6 Å². The number of anilines is 2. The second-order valence-corrected chi connectivity index (χ2v) is 6.03. The highest BCUT2D eigenvalue weighted by atomic mass is 15.2. The average molecular weight is 319 g/mol. The Morgan fingerprint density at radius 2 is 2.04 bits per heavy atom. The van der Waals surface area contributed by atoms with Gasteiger partial charge in [0.15, 0.2) is 0 Å². The summed E-state index contributed by atoms with van der Waals surface area (Å²) in [4.78, 5) is 7.46. The van der Waals surface area contributed by atoms with Crippen LogP contribution in [-0.4, -0.2) is 39.3 Å². The molecule has 6 N–H and O–H groups in total. The van der Waals surface area contributed by atoms with Crippen molar-refractivity contribution in [3.63, 3.8) is 0 Å². The fourth-order valence-corrected chi connectivity index (χ4v) is 3.39. The lowest BCUT2D eigenvalue weighted by Gasteiger charge is -2.28. The zero-order valence-electron chi connectivity index (χ0n) is 14.8. The Labute approximate surface area is 139 Å². The highest BCUT2D eigenvalue weighted by Crippen LogP contribution is 2.27. The van der Waals surface area contributed by atoms with Gasteiger partial charge in [-0.25, -0.2) is 4.98 Å². The van der Waals surface area contributed by atoms with E-state index in [1.54, 1.807) is 4.90 Å². The SMILES string of the molecule is CCN(CC)c1[nH+]c(NCC[NH3+])c(C#N)c2c1C[NH+](CC)CC2. The van der Waals surface area contributed by atoms with Crippen LogP contribution >= 0.6 is 0 Å². The minimum absolute atomic E-state index is 0.772. The normalized spacial score (nSPS) is 16.6. The molecule has 1 atom stereocenters. The minimum atomic E-state index is 0.772. The molecule has 2 rings (SSSR count). The van der Waals surface area contributed by atoms with Crippen LogP contribution in [0.2, 0.25) is 0 Å². The molecule has 0 aromatic carbocycles. The molecule has 0 bridgehead atoms. The number of fused-ring (bicyclic) bond motifs is 1. The number of quaternary nitrogens is 2. The highest BCUT2D eigenvalue weighted by molar-refractivity contribution is 5.61. The van der Waals surface area contributed by atoms with Crippen molar-refractivity contribution in [3.8, 4) is 6.07 Å². The maximum Gasteiger partial charge on any atom is 0.237 e. The summed E-state index contributed by atoms with van der Waals surface area (Å²) in [5, 5.41) is 13.1. The third-order valence-corrected chi connectivity index (χ3v) is 4.77. The Hall–Kier alpha value is -1.84. The number of nitrogens with zero attached hydrogens (tertiary/aromatic N) is 2. The Balaban J connectivity index is 2.57. The van der Waals surface area contributed by atoms with Crippen molar-refractivity contribution in [1.29, 1.82) is 5.26 Å². The standard InChI is InChI=1S/C17H28N6/c1-4-22-10-7-13-14(11-19)16(20-9-8-18)21-17(15(13)12-22)23(5-2)6-3/h4-10,12,18H2,1-3H3,(H,20,21)/p+3. The number of hydrogen-bond donors (Lipinski definition) is 3. The predicted molar refractivity (Wildman–Crippen MR) is 91.3 cm³/mol. The Morgan fingerprint density at radius 3 is 2.61 bits per heavy atom. The lowest BCUT2D eigenvalue weighted by Crippen LogP contribution is -3.11. The first kappa shape index (κ1) is 17.5. The summed E-state index contributed by atoms with van der Waals surface area (Å²) in [5.41, 5.74) is 7.23. The van der Waals surface area contributed by atoms with E-state index in [0.29, 0.717) is 0 Å². The Kier molecular flexibility index (Phi) is 6.20. The van der Waals surface area contributed by atoms with E-state index >= 15 is 0 Å². The quantitative estimate of drug-likeness (QED) is 0.592. The van der Waals surface area contributed by atoms with Gasteiger partial charge in [-0.15, -0.1) is 0 Å². The molecule has 2 heterocycles. The van der Waals surface area contributed by atoms with Gasteiger partial charge in [-0.2, -0.15) is 5.26 Å². The van der Waals surface area contributed by atoms with Crippen LogP contribution in [-0.2, 0) is 13.0 Å². The molecule has 0 saturated carbocycles. The van der Waals surface area contributed by atoms with E-state index in [1.165, 1.54) is 16.9 Å². The lowest BCUT2D eigenvalue weighted by atomic mass is 9.95. The summed E-state index contributed by atoms with van der Waals surface area (Å²) >= 11 is 0. The number of aromatic amines is 1. The van der Waals surface area contributed by atoms with Crippen LogP contribution in [0.1, 0.15) is 37.5 Å². The molecule has 0 saturated heterocycles. The number of likely N-dealkylation sites (N-methyl/N-ethyl adjacent to an activating group) is 1. The van der Waals surface area contributed by atoms with Gasteiger partial charge in [-0.3, -0.25) is 10.2 Å². The van der Waals surface area contributed by atoms with Crippen molar-refractivity contribution in [2.75, 3.05) is 49.5 Å². The number of rotatable bonds is 7. The zero-order valence-corrected chi connectivity index (χ0v) is 14.8. The molecular weight excluding hydrogens is 288 g/mol. The molecular formula is C17H31N6+3. The molecule has 23 heavy (non-hydrogen) atoms. The van der Waals surface area contributed by atoms with Gasteiger partial charge < -0.3 is 10.6 Å². The van der Waals surface area contributed by atoms with E-state index in [-0.39, 0.29) is 0 Å². The van der Waals surface area contributed by atoms with Crippen molar-refractivity contribution < 1.29 is 15.6 Å². The number of nitrogens with one attached hydrogen (secondary N) is 3. The molecule has 6 nitrogen and oxygen atoms in total. The monoisotopic (exact) mass is 319 g/mol. The van der Waals surface area contributed by atoms with E-state index in [4.69, 9.17) is 0 Å². The molecule has 0 aliphatic carbocycles. The largest absolute Gasteiger partial charge is 0.355 e. The van der Waals surface area contributed by atoms with Crippen molar-refractivity contribution >= 4 is 11.6 Å². The molecule has 6 heteroatoms. The zero-order chi connectivity index (χ0) is 16.8. The Bertz CT molecular complexity index is 573. The third kappa shape index (κ3) is 3.57. The average Bonchev–Trinajstić information content (AvgIpc) is 2.60. The fraction of sp³-hybridized carbons (Fsp3) is 0.647. The van der Waals surface area contributed by atoms with Crippen molar-refractivity contribution in [1.82, 2.24) is 0 Å². The molecule has 1 aromatic rings. The van der Waals surface area contributed by atoms with Crippen LogP contribution in [0.15, 0.2) is 0 Å². The molecule has 0 amide bonds. The smallest absolute Gasteiger partial charge is 0.237 e. The van der Waals surface area contributed by atoms with E-state index in [1.807, 2.05) is 0 Å². The molecule has 1 aliphatic rings. The summed E-state index contributed by atoms with van der Waals surface area (Å²) in [6.45, 7) is 13.3. The summed E-state index contributed by atoms with van der Waals surface area (Å²) in [6.07, 6.45) is 0.976. The van der Waals surface area contributed by atoms with Gasteiger partial charge in [-0.05, 0) is 26.3 Å². The molecule has 1 aromatic heterocycles. The van der Waals surface area contributed by atoms with Gasteiger partial charge in [0, 0.05) is 6.42 Å². The maximum atomic E-state index is 9.69. The molecule has 0 spiro atoms. The first-order valence-electron chi connectivity index (χ1n) is 8.82. The predicted octanol–water partition coefficient (Wildman–Crippen LogP) is -1.17. The number of aromatic nitrogens is 1. The third-order valence-electron chi connectivity index (χ3n) is 4.77. The summed E-state index contributed by atoms with van der Waals surface area (Å²) in [7, 11) is 0. The van der Waals surface area contributed by atoms with E-state index in [0.717, 1.165) is 63.6 Å². The molecule has 1 aliphatic heterocycles. The van der Waals surface area contributed by atoms with Crippen LogP contribution in [0.5, 0.6) is 0 Å². The summed E-state index contributed by atoms with van der Waals surface area (Å²) < 4.78 is 0. The molecule has 1 unspecified atom stereocenters. The molecule has 0 radical (unpaired) electrons. The van der Waals surface area contributed by atoms with Gasteiger partial charge in [0.1, 0.15) is 31.3 Å². The van der Waals surface area contributed by atoms with Gasteiger partial charge >= 0.3 is 0 Å². The van der Waals surface area contributed by atoms with Crippen molar-refractivity contribution in [2.45, 2.75) is 33.7 Å². The van der Waals surface area contributed by atoms with Crippen LogP contribution < -0.4 is 25.8 Å². The second-order valence-electron chi connectivity index (χ2n) is 6.03. The van der Waals surface area contributed by atoms with Crippen LogP contribution in [0.25, 0.3) is 0 Å². The number of H-pyrrole nitrogens is 1. The van der Waals surface area contributed by atoms with Gasteiger partial charge in [0.05, 0.1) is 31.7 Å². The van der Waals surface area contributed by atoms with Crippen molar-refractivity contribution in [3.05, 3.63) is 16.7 Å². The first-order valence-corrected chi connectivity index (χ1v) is 8.82. The highest BCUT2D eigenvalue weighted by Gasteiger charge is 2.31. The van der Waals surface area contributed by atoms with E-state index in [2.05, 4.69) is 47.8 Å².